The zero-order chi connectivity index (χ0) is 18.6. The predicted molar refractivity (Wildman–Crippen MR) is 103 cm³/mol. The number of nitrogens with two attached hydrogens (primary N) is 1. The summed E-state index contributed by atoms with van der Waals surface area (Å²) in [6, 6.07) is 14.3. The van der Waals surface area contributed by atoms with Crippen molar-refractivity contribution >= 4 is 27.7 Å². The van der Waals surface area contributed by atoms with Gasteiger partial charge in [-0.2, -0.15) is 0 Å². The highest BCUT2D eigenvalue weighted by Crippen LogP contribution is 2.22. The molecule has 0 bridgehead atoms. The van der Waals surface area contributed by atoms with Gasteiger partial charge in [0.1, 0.15) is 6.04 Å². The van der Waals surface area contributed by atoms with Crippen LogP contribution < -0.4 is 11.1 Å². The van der Waals surface area contributed by atoms with Crippen molar-refractivity contribution in [3.05, 3.63) is 69.7 Å². The molecule has 0 aliphatic rings. The van der Waals surface area contributed by atoms with Gasteiger partial charge in [0, 0.05) is 16.5 Å². The molecule has 1 atom stereocenters. The Labute approximate surface area is 156 Å². The average molecular weight is 403 g/mol. The van der Waals surface area contributed by atoms with Crippen LogP contribution in [0.15, 0.2) is 53.0 Å². The van der Waals surface area contributed by atoms with Crippen LogP contribution in [0.25, 0.3) is 0 Å². The van der Waals surface area contributed by atoms with E-state index in [-0.39, 0.29) is 11.3 Å². The molecule has 0 aliphatic heterocycles. The molecule has 0 radical (unpaired) electrons. The van der Waals surface area contributed by atoms with E-state index in [1.807, 2.05) is 30.3 Å². The number of hydrogen-bond acceptors (Lipinski definition) is 2. The minimum absolute atomic E-state index is 0.0660. The maximum atomic E-state index is 12.3. The molecule has 0 saturated heterocycles. The first-order valence-corrected chi connectivity index (χ1v) is 8.91. The number of carbonyl (C=O) groups is 2. The molecule has 0 saturated carbocycles. The summed E-state index contributed by atoms with van der Waals surface area (Å²) in [6.45, 7) is 6.44. The van der Waals surface area contributed by atoms with E-state index in [0.717, 1.165) is 10.0 Å². The summed E-state index contributed by atoms with van der Waals surface area (Å²) in [5, 5.41) is 2.72. The molecule has 0 aliphatic carbocycles. The first-order chi connectivity index (χ1) is 11.7. The Hall–Kier alpha value is -2.14. The van der Waals surface area contributed by atoms with Gasteiger partial charge in [-0.15, -0.1) is 0 Å². The lowest BCUT2D eigenvalue weighted by Crippen LogP contribution is -2.45. The Morgan fingerprint density at radius 2 is 1.76 bits per heavy atom. The monoisotopic (exact) mass is 402 g/mol. The Bertz CT molecular complexity index is 764. The topological polar surface area (TPSA) is 72.2 Å². The van der Waals surface area contributed by atoms with Gasteiger partial charge in [0.25, 0.3) is 5.91 Å². The van der Waals surface area contributed by atoms with Crippen LogP contribution in [0.4, 0.5) is 0 Å². The summed E-state index contributed by atoms with van der Waals surface area (Å²) in [4.78, 5) is 24.1. The van der Waals surface area contributed by atoms with Crippen LogP contribution in [0.5, 0.6) is 0 Å². The molecule has 5 heteroatoms. The molecular formula is C20H23BrN2O2. The Kier molecular flexibility index (Phi) is 6.01. The summed E-state index contributed by atoms with van der Waals surface area (Å²) in [5.41, 5.74) is 8.18. The van der Waals surface area contributed by atoms with Crippen molar-refractivity contribution in [2.45, 2.75) is 38.6 Å². The smallest absolute Gasteiger partial charge is 0.251 e. The Morgan fingerprint density at radius 3 is 2.28 bits per heavy atom. The number of nitrogens with one attached hydrogen (secondary N) is 1. The molecule has 132 valence electrons. The minimum Gasteiger partial charge on any atom is -0.368 e. The van der Waals surface area contributed by atoms with E-state index in [9.17, 15) is 9.59 Å². The van der Waals surface area contributed by atoms with Crippen LogP contribution >= 0.6 is 15.9 Å². The molecule has 25 heavy (non-hydrogen) atoms. The number of amides is 2. The largest absolute Gasteiger partial charge is 0.368 e. The summed E-state index contributed by atoms with van der Waals surface area (Å²) >= 11 is 3.33. The van der Waals surface area contributed by atoms with Crippen LogP contribution in [-0.4, -0.2) is 17.9 Å². The van der Waals surface area contributed by atoms with Crippen molar-refractivity contribution in [1.82, 2.24) is 5.32 Å². The summed E-state index contributed by atoms with van der Waals surface area (Å²) < 4.78 is 0.800. The van der Waals surface area contributed by atoms with Crippen LogP contribution in [0.3, 0.4) is 0 Å². The minimum atomic E-state index is -0.757. The summed E-state index contributed by atoms with van der Waals surface area (Å²) in [6.07, 6.45) is 0.361. The molecule has 0 heterocycles. The summed E-state index contributed by atoms with van der Waals surface area (Å²) in [5.74, 6) is -0.875. The molecule has 4 nitrogen and oxygen atoms in total. The Balaban J connectivity index is 2.11. The van der Waals surface area contributed by atoms with Crippen molar-refractivity contribution in [3.63, 3.8) is 0 Å². The van der Waals surface area contributed by atoms with Crippen LogP contribution in [0, 0.1) is 0 Å². The molecule has 3 N–H and O–H groups in total. The van der Waals surface area contributed by atoms with Crippen molar-refractivity contribution < 1.29 is 9.59 Å². The molecule has 0 unspecified atom stereocenters. The van der Waals surface area contributed by atoms with Gasteiger partial charge in [0.15, 0.2) is 0 Å². The van der Waals surface area contributed by atoms with Gasteiger partial charge < -0.3 is 11.1 Å². The molecule has 0 fully saturated rings. The van der Waals surface area contributed by atoms with Crippen molar-refractivity contribution in [3.8, 4) is 0 Å². The van der Waals surface area contributed by atoms with E-state index in [2.05, 4.69) is 42.0 Å². The standard InChI is InChI=1S/C20H23BrN2O2/c1-20(2,3)15-9-7-13(8-10-15)11-17(18(22)24)23-19(25)14-5-4-6-16(21)12-14/h4-10,12,17H,11H2,1-3H3,(H2,22,24)(H,23,25)/t17-/m0/s1. The van der Waals surface area contributed by atoms with Gasteiger partial charge in [-0.25, -0.2) is 0 Å². The lowest BCUT2D eigenvalue weighted by Gasteiger charge is -2.20. The molecule has 2 aromatic rings. The van der Waals surface area contributed by atoms with Crippen LogP contribution in [0.1, 0.15) is 42.3 Å². The van der Waals surface area contributed by atoms with E-state index >= 15 is 0 Å². The maximum Gasteiger partial charge on any atom is 0.251 e. The number of primary amides is 1. The zero-order valence-corrected chi connectivity index (χ0v) is 16.3. The maximum absolute atomic E-state index is 12.3. The second-order valence-corrected chi connectivity index (χ2v) is 8.01. The van der Waals surface area contributed by atoms with Gasteiger partial charge >= 0.3 is 0 Å². The highest BCUT2D eigenvalue weighted by Gasteiger charge is 2.20. The number of benzene rings is 2. The normalized spacial score (nSPS) is 12.5. The zero-order valence-electron chi connectivity index (χ0n) is 14.7. The first-order valence-electron chi connectivity index (χ1n) is 8.12. The van der Waals surface area contributed by atoms with E-state index < -0.39 is 11.9 Å². The SMILES string of the molecule is CC(C)(C)c1ccc(C[C@H](NC(=O)c2cccc(Br)c2)C(N)=O)cc1. The highest BCUT2D eigenvalue weighted by atomic mass is 79.9. The number of halogens is 1. The molecule has 0 spiro atoms. The first kappa shape index (κ1) is 19.2. The van der Waals surface area contributed by atoms with Crippen LogP contribution in [-0.2, 0) is 16.6 Å². The summed E-state index contributed by atoms with van der Waals surface area (Å²) in [7, 11) is 0. The molecular weight excluding hydrogens is 380 g/mol. The third-order valence-corrected chi connectivity index (χ3v) is 4.49. The molecule has 2 rings (SSSR count). The Morgan fingerprint density at radius 1 is 1.12 bits per heavy atom. The predicted octanol–water partition coefficient (Wildman–Crippen LogP) is 3.57. The fraction of sp³-hybridized carbons (Fsp3) is 0.300. The molecule has 2 amide bonds. The number of carbonyl (C=O) groups excluding carboxylic acids is 2. The second-order valence-electron chi connectivity index (χ2n) is 7.09. The molecule has 2 aromatic carbocycles. The van der Waals surface area contributed by atoms with E-state index in [0.29, 0.717) is 12.0 Å². The van der Waals surface area contributed by atoms with Gasteiger partial charge in [0.05, 0.1) is 0 Å². The lowest BCUT2D eigenvalue weighted by atomic mass is 9.86. The van der Waals surface area contributed by atoms with E-state index in [1.165, 1.54) is 5.56 Å². The van der Waals surface area contributed by atoms with Gasteiger partial charge in [-0.1, -0.05) is 67.0 Å². The van der Waals surface area contributed by atoms with E-state index in [1.54, 1.807) is 18.2 Å². The van der Waals surface area contributed by atoms with Gasteiger partial charge in [-0.05, 0) is 34.7 Å². The second kappa shape index (κ2) is 7.83. The van der Waals surface area contributed by atoms with Crippen LogP contribution in [0.2, 0.25) is 0 Å². The van der Waals surface area contributed by atoms with E-state index in [4.69, 9.17) is 5.73 Å². The van der Waals surface area contributed by atoms with Crippen molar-refractivity contribution in [2.75, 3.05) is 0 Å². The third-order valence-electron chi connectivity index (χ3n) is 4.00. The fourth-order valence-electron chi connectivity index (χ4n) is 2.47. The van der Waals surface area contributed by atoms with Crippen molar-refractivity contribution in [2.24, 2.45) is 5.73 Å². The quantitative estimate of drug-likeness (QED) is 0.801. The number of hydrogen-bond donors (Lipinski definition) is 2. The lowest BCUT2D eigenvalue weighted by molar-refractivity contribution is -0.119. The van der Waals surface area contributed by atoms with Gasteiger partial charge in [-0.3, -0.25) is 9.59 Å². The highest BCUT2D eigenvalue weighted by molar-refractivity contribution is 9.10. The van der Waals surface area contributed by atoms with Crippen molar-refractivity contribution in [1.29, 1.82) is 0 Å². The average Bonchev–Trinajstić information content (AvgIpc) is 2.53. The number of rotatable bonds is 5. The third kappa shape index (κ3) is 5.43. The van der Waals surface area contributed by atoms with Gasteiger partial charge in [0.2, 0.25) is 5.91 Å². The fourth-order valence-corrected chi connectivity index (χ4v) is 2.87. The molecule has 0 aromatic heterocycles.